The number of aromatic nitrogens is 4. The zero-order valence-corrected chi connectivity index (χ0v) is 42.3. The van der Waals surface area contributed by atoms with Gasteiger partial charge in [-0.1, -0.05) is 106 Å². The normalized spacial score (nSPS) is 12.6. The van der Waals surface area contributed by atoms with E-state index < -0.39 is 0 Å². The summed E-state index contributed by atoms with van der Waals surface area (Å²) < 4.78 is 12.6. The van der Waals surface area contributed by atoms with Crippen molar-refractivity contribution < 1.29 is 9.16 Å². The van der Waals surface area contributed by atoms with Gasteiger partial charge in [-0.2, -0.15) is 0 Å². The highest BCUT2D eigenvalue weighted by Crippen LogP contribution is 2.29. The Labute approximate surface area is 425 Å². The number of ether oxygens (including phenoxy) is 1. The van der Waals surface area contributed by atoms with Gasteiger partial charge in [-0.05, 0) is 145 Å². The summed E-state index contributed by atoms with van der Waals surface area (Å²) in [6.45, 7) is 11.9. The quantitative estimate of drug-likeness (QED) is 0.0389. The van der Waals surface area contributed by atoms with Gasteiger partial charge in [0, 0.05) is 36.6 Å². The highest BCUT2D eigenvalue weighted by atomic mass is 16.5. The van der Waals surface area contributed by atoms with Crippen molar-refractivity contribution >= 4 is 49.8 Å². The molecule has 2 heterocycles. The second-order valence-corrected chi connectivity index (χ2v) is 18.1. The first kappa shape index (κ1) is 51.1. The molecule has 0 spiro atoms. The Bertz CT molecular complexity index is 3440. The average Bonchev–Trinajstić information content (AvgIpc) is 3.43. The van der Waals surface area contributed by atoms with E-state index in [0.29, 0.717) is 60.9 Å². The van der Waals surface area contributed by atoms with Gasteiger partial charge in [0.2, 0.25) is 0 Å². The van der Waals surface area contributed by atoms with Crippen LogP contribution in [-0.4, -0.2) is 65.6 Å². The first-order chi connectivity index (χ1) is 35.7. The maximum absolute atomic E-state index is 12.5. The molecule has 7 aromatic rings. The number of likely N-dealkylation sites (N-methyl/N-ethyl adjacent to an activating group) is 2. The minimum Gasteiger partial charge on any atom is -0.492 e. The molecule has 0 radical (unpaired) electrons. The standard InChI is InChI=1S/C61H64N6O6/c1-5-9-12-42-16-20-44(21-17-42)52(46-24-30-50(31-25-46)72-38-36-66(7-3)48-28-34-54-56(40-48)60(70)64-62-58(54)68)14-11-15-53(45-22-18-43(19-23-45)13-10-6-2)47-26-32-51(33-27-47)73-39-37-67(8-4)49-29-35-55-57(41-49)61(71)65-63-59(55)69/h11,14-35,40-41H,5-10,12-13,36-39H2,1-4H3,(H3-,62,63,64,65,68,69,70,71)/p+1/b14-11+,53-15+. The number of ketones is 1. The molecule has 0 aliphatic heterocycles. The number of fused-ring (bicyclic) bond motifs is 2. The molecule has 4 N–H and O–H groups in total. The van der Waals surface area contributed by atoms with Crippen molar-refractivity contribution in [3.05, 3.63) is 227 Å². The minimum atomic E-state index is -0.335. The number of aromatic amines is 4. The summed E-state index contributed by atoms with van der Waals surface area (Å²) in [5.41, 5.74) is 9.50. The van der Waals surface area contributed by atoms with Crippen molar-refractivity contribution in [2.45, 2.75) is 66.2 Å². The highest BCUT2D eigenvalue weighted by Gasteiger charge is 2.16. The number of rotatable bonds is 22. The van der Waals surface area contributed by atoms with Gasteiger partial charge in [0.25, 0.3) is 28.8 Å². The van der Waals surface area contributed by atoms with Gasteiger partial charge < -0.3 is 14.5 Å². The molecule has 1 aliphatic rings. The van der Waals surface area contributed by atoms with Crippen LogP contribution in [0.3, 0.4) is 0 Å². The number of hydrogen-bond acceptors (Lipinski definition) is 7. The number of carbonyl (C=O) groups excluding carboxylic acids is 1. The maximum atomic E-state index is 12.5. The van der Waals surface area contributed by atoms with Crippen molar-refractivity contribution in [1.82, 2.24) is 20.4 Å². The van der Waals surface area contributed by atoms with E-state index >= 15 is 0 Å². The predicted octanol–water partition coefficient (Wildman–Crippen LogP) is 10.5. The number of nitrogens with one attached hydrogen (secondary N) is 4. The molecule has 12 nitrogen and oxygen atoms in total. The molecular formula is C61H65N6O6+. The van der Waals surface area contributed by atoms with E-state index in [-0.39, 0.29) is 22.2 Å². The average molecular weight is 978 g/mol. The summed E-state index contributed by atoms with van der Waals surface area (Å²) in [6.07, 6.45) is 21.4. The summed E-state index contributed by atoms with van der Waals surface area (Å²) in [5.74, 6) is 1.50. The summed E-state index contributed by atoms with van der Waals surface area (Å²) in [6, 6.07) is 36.7. The SMILES string of the molecule is CCCCc1ccc(C(/C=C/C=C(\c2ccc(CCCC)cc2)c2ccc(OCCN(CC)c3ccc4c(=O)[nH][nH]c(=O)c4c3)cc2)=C2C=CC(=[O+]CCN(CC)c3ccc4c(=O)[nH][nH]c(=O)c4c3)C=C2)cc1. The number of allylic oxidation sites excluding steroid dienone is 9. The van der Waals surface area contributed by atoms with E-state index in [4.69, 9.17) is 9.16 Å². The van der Waals surface area contributed by atoms with Crippen LogP contribution in [0.15, 0.2) is 176 Å². The van der Waals surface area contributed by atoms with E-state index in [0.717, 1.165) is 94.8 Å². The third kappa shape index (κ3) is 12.8. The highest BCUT2D eigenvalue weighted by molar-refractivity contribution is 6.03. The van der Waals surface area contributed by atoms with Crippen molar-refractivity contribution in [2.24, 2.45) is 0 Å². The second kappa shape index (κ2) is 24.7. The second-order valence-electron chi connectivity index (χ2n) is 18.1. The van der Waals surface area contributed by atoms with Crippen molar-refractivity contribution in [1.29, 1.82) is 0 Å². The summed E-state index contributed by atoms with van der Waals surface area (Å²) in [5, 5.41) is 11.0. The molecule has 0 amide bonds. The van der Waals surface area contributed by atoms with Crippen LogP contribution in [0.1, 0.15) is 81.2 Å². The van der Waals surface area contributed by atoms with Crippen LogP contribution >= 0.6 is 0 Å². The fourth-order valence-electron chi connectivity index (χ4n) is 9.10. The number of nitrogens with zero attached hydrogens (tertiary/aromatic N) is 2. The third-order valence-corrected chi connectivity index (χ3v) is 13.3. The minimum absolute atomic E-state index is 0.329. The number of benzene rings is 5. The lowest BCUT2D eigenvalue weighted by atomic mass is 9.93. The first-order valence-electron chi connectivity index (χ1n) is 25.6. The van der Waals surface area contributed by atoms with Crippen LogP contribution in [0, 0.1) is 0 Å². The number of unbranched alkanes of at least 4 members (excludes halogenated alkanes) is 2. The summed E-state index contributed by atoms with van der Waals surface area (Å²) >= 11 is 0. The molecule has 73 heavy (non-hydrogen) atoms. The number of H-pyrrole nitrogens is 4. The molecule has 12 heteroatoms. The summed E-state index contributed by atoms with van der Waals surface area (Å²) in [4.78, 5) is 53.7. The van der Waals surface area contributed by atoms with Crippen LogP contribution in [0.4, 0.5) is 11.4 Å². The molecule has 0 atom stereocenters. The van der Waals surface area contributed by atoms with Crippen molar-refractivity contribution in [3.8, 4) is 5.75 Å². The number of anilines is 2. The van der Waals surface area contributed by atoms with Crippen molar-refractivity contribution in [2.75, 3.05) is 49.2 Å². The molecule has 0 saturated carbocycles. The first-order valence-corrected chi connectivity index (χ1v) is 25.6. The topological polar surface area (TPSA) is 158 Å². The van der Waals surface area contributed by atoms with E-state index in [1.165, 1.54) is 11.1 Å². The Morgan fingerprint density at radius 1 is 0.548 bits per heavy atom. The number of hydrogen-bond donors (Lipinski definition) is 4. The Morgan fingerprint density at radius 2 is 1.03 bits per heavy atom. The van der Waals surface area contributed by atoms with Gasteiger partial charge in [-0.3, -0.25) is 44.0 Å². The van der Waals surface area contributed by atoms with Gasteiger partial charge in [-0.15, -0.1) is 0 Å². The van der Waals surface area contributed by atoms with Crippen LogP contribution in [0.2, 0.25) is 0 Å². The summed E-state index contributed by atoms with van der Waals surface area (Å²) in [7, 11) is 0. The largest absolute Gasteiger partial charge is 0.492 e. The Morgan fingerprint density at radius 3 is 1.53 bits per heavy atom. The van der Waals surface area contributed by atoms with Gasteiger partial charge in [0.15, 0.2) is 0 Å². The molecule has 0 unspecified atom stereocenters. The van der Waals surface area contributed by atoms with Crippen molar-refractivity contribution in [3.63, 3.8) is 0 Å². The maximum Gasteiger partial charge on any atom is 0.343 e. The molecule has 0 bridgehead atoms. The monoisotopic (exact) mass is 977 g/mol. The predicted molar refractivity (Wildman–Crippen MR) is 299 cm³/mol. The zero-order valence-electron chi connectivity index (χ0n) is 42.3. The fourth-order valence-corrected chi connectivity index (χ4v) is 9.10. The lowest BCUT2D eigenvalue weighted by molar-refractivity contribution is -0.452. The van der Waals surface area contributed by atoms with Gasteiger partial charge in [0.05, 0.1) is 28.1 Å². The zero-order chi connectivity index (χ0) is 51.1. The molecular weight excluding hydrogens is 913 g/mol. The van der Waals surface area contributed by atoms with Gasteiger partial charge in [0.1, 0.15) is 18.9 Å². The molecule has 2 aromatic heterocycles. The molecule has 5 aromatic carbocycles. The smallest absolute Gasteiger partial charge is 0.343 e. The number of aryl methyl sites for hydroxylation is 2. The lowest BCUT2D eigenvalue weighted by Crippen LogP contribution is -2.28. The van der Waals surface area contributed by atoms with Gasteiger partial charge in [-0.25, -0.2) is 0 Å². The third-order valence-electron chi connectivity index (χ3n) is 13.3. The molecule has 0 fully saturated rings. The fraction of sp³-hybridized carbons (Fsp3) is 0.262. The lowest BCUT2D eigenvalue weighted by Gasteiger charge is -2.23. The van der Waals surface area contributed by atoms with E-state index in [2.05, 4.69) is 135 Å². The van der Waals surface area contributed by atoms with Crippen LogP contribution in [-0.2, 0) is 17.3 Å². The van der Waals surface area contributed by atoms with E-state index in [1.54, 1.807) is 24.3 Å². The Balaban J connectivity index is 1.02. The molecule has 8 rings (SSSR count). The molecule has 1 aliphatic carbocycles. The molecule has 374 valence electrons. The van der Waals surface area contributed by atoms with Crippen LogP contribution in [0.25, 0.3) is 32.7 Å². The Kier molecular flexibility index (Phi) is 17.3. The Hall–Kier alpha value is -8.25. The van der Waals surface area contributed by atoms with E-state index in [1.807, 2.05) is 50.3 Å². The molecule has 0 saturated heterocycles. The van der Waals surface area contributed by atoms with Crippen LogP contribution < -0.4 is 36.8 Å². The van der Waals surface area contributed by atoms with Crippen LogP contribution in [0.5, 0.6) is 5.75 Å². The van der Waals surface area contributed by atoms with E-state index in [9.17, 15) is 19.2 Å². The van der Waals surface area contributed by atoms with Gasteiger partial charge >= 0.3 is 5.78 Å².